The van der Waals surface area contributed by atoms with E-state index in [1.54, 1.807) is 37.4 Å². The van der Waals surface area contributed by atoms with Gasteiger partial charge < -0.3 is 10.5 Å². The minimum absolute atomic E-state index is 0.0305. The van der Waals surface area contributed by atoms with Crippen LogP contribution in [-0.4, -0.2) is 27.7 Å². The van der Waals surface area contributed by atoms with Crippen molar-refractivity contribution < 1.29 is 14.5 Å². The Labute approximate surface area is 142 Å². The Bertz CT molecular complexity index is 930. The number of rotatable bonds is 5. The van der Waals surface area contributed by atoms with Gasteiger partial charge in [0, 0.05) is 17.7 Å². The molecule has 126 valence electrons. The van der Waals surface area contributed by atoms with Gasteiger partial charge in [-0.2, -0.15) is 5.10 Å². The second-order valence-corrected chi connectivity index (χ2v) is 5.19. The van der Waals surface area contributed by atoms with E-state index in [0.29, 0.717) is 17.1 Å². The average molecular weight is 338 g/mol. The predicted molar refractivity (Wildman–Crippen MR) is 90.7 cm³/mol. The molecule has 8 heteroatoms. The van der Waals surface area contributed by atoms with Crippen LogP contribution in [0, 0.1) is 10.1 Å². The molecule has 2 aromatic carbocycles. The maximum absolute atomic E-state index is 11.5. The molecule has 25 heavy (non-hydrogen) atoms. The van der Waals surface area contributed by atoms with Crippen LogP contribution in [0.1, 0.15) is 10.5 Å². The number of primary amides is 1. The number of carbonyl (C=O) groups excluding carboxylic acids is 1. The normalized spacial score (nSPS) is 10.4. The number of nitro groups is 1. The zero-order valence-corrected chi connectivity index (χ0v) is 13.2. The average Bonchev–Trinajstić information content (AvgIpc) is 3.07. The lowest BCUT2D eigenvalue weighted by molar-refractivity contribution is -0.384. The maximum Gasteiger partial charge on any atom is 0.269 e. The van der Waals surface area contributed by atoms with Crippen LogP contribution in [0.15, 0.2) is 54.6 Å². The number of aromatic nitrogens is 2. The summed E-state index contributed by atoms with van der Waals surface area (Å²) in [5.41, 5.74) is 7.40. The Morgan fingerprint density at radius 3 is 2.32 bits per heavy atom. The quantitative estimate of drug-likeness (QED) is 0.567. The number of nitro benzene ring substituents is 1. The van der Waals surface area contributed by atoms with Gasteiger partial charge in [-0.25, -0.2) is 4.68 Å². The van der Waals surface area contributed by atoms with E-state index < -0.39 is 10.8 Å². The highest BCUT2D eigenvalue weighted by Crippen LogP contribution is 2.26. The summed E-state index contributed by atoms with van der Waals surface area (Å²) < 4.78 is 6.66. The fraction of sp³-hybridized carbons (Fsp3) is 0.0588. The van der Waals surface area contributed by atoms with E-state index in [0.717, 1.165) is 5.56 Å². The first-order valence-electron chi connectivity index (χ1n) is 7.28. The summed E-state index contributed by atoms with van der Waals surface area (Å²) >= 11 is 0. The number of methoxy groups -OCH3 is 1. The Morgan fingerprint density at radius 2 is 1.80 bits per heavy atom. The van der Waals surface area contributed by atoms with E-state index in [1.807, 2.05) is 12.1 Å². The van der Waals surface area contributed by atoms with Crippen molar-refractivity contribution >= 4 is 11.6 Å². The lowest BCUT2D eigenvalue weighted by Crippen LogP contribution is -2.12. The van der Waals surface area contributed by atoms with Crippen molar-refractivity contribution in [2.45, 2.75) is 0 Å². The standard InChI is InChI=1S/C17H14N4O4/c1-25-14-8-2-11(3-9-14)16-10-15(17(18)22)19-20(16)12-4-6-13(7-5-12)21(23)24/h2-10H,1H3,(H2,18,22). The molecule has 2 N–H and O–H groups in total. The van der Waals surface area contributed by atoms with Crippen LogP contribution in [0.5, 0.6) is 5.75 Å². The third-order valence-corrected chi connectivity index (χ3v) is 3.65. The van der Waals surface area contributed by atoms with Crippen molar-refractivity contribution in [2.24, 2.45) is 5.73 Å². The zero-order valence-electron chi connectivity index (χ0n) is 13.2. The maximum atomic E-state index is 11.5. The molecule has 0 saturated carbocycles. The molecule has 3 aromatic rings. The third kappa shape index (κ3) is 3.18. The van der Waals surface area contributed by atoms with Gasteiger partial charge in [0.15, 0.2) is 5.69 Å². The van der Waals surface area contributed by atoms with Gasteiger partial charge in [-0.05, 0) is 42.5 Å². The molecular formula is C17H14N4O4. The zero-order chi connectivity index (χ0) is 18.0. The second kappa shape index (κ2) is 6.44. The minimum Gasteiger partial charge on any atom is -0.497 e. The molecule has 1 heterocycles. The molecule has 0 bridgehead atoms. The molecule has 1 amide bonds. The van der Waals surface area contributed by atoms with Crippen molar-refractivity contribution in [3.8, 4) is 22.7 Å². The smallest absolute Gasteiger partial charge is 0.269 e. The number of benzene rings is 2. The number of non-ortho nitro benzene ring substituents is 1. The molecule has 0 saturated heterocycles. The SMILES string of the molecule is COc1ccc(-c2cc(C(N)=O)nn2-c2ccc([N+](=O)[O-])cc2)cc1. The molecule has 0 spiro atoms. The van der Waals surface area contributed by atoms with Gasteiger partial charge in [0.05, 0.1) is 23.4 Å². The number of ether oxygens (including phenoxy) is 1. The summed E-state index contributed by atoms with van der Waals surface area (Å²) in [5, 5.41) is 15.0. The molecule has 8 nitrogen and oxygen atoms in total. The van der Waals surface area contributed by atoms with E-state index in [-0.39, 0.29) is 11.4 Å². The summed E-state index contributed by atoms with van der Waals surface area (Å²) in [7, 11) is 1.57. The molecule has 0 aliphatic heterocycles. The van der Waals surface area contributed by atoms with Crippen LogP contribution in [0.3, 0.4) is 0 Å². The van der Waals surface area contributed by atoms with Crippen molar-refractivity contribution in [3.63, 3.8) is 0 Å². The lowest BCUT2D eigenvalue weighted by Gasteiger charge is -2.08. The fourth-order valence-corrected chi connectivity index (χ4v) is 2.38. The van der Waals surface area contributed by atoms with Crippen molar-refractivity contribution in [2.75, 3.05) is 7.11 Å². The first kappa shape index (κ1) is 16.2. The van der Waals surface area contributed by atoms with Gasteiger partial charge in [0.25, 0.3) is 11.6 Å². The van der Waals surface area contributed by atoms with Gasteiger partial charge in [0.1, 0.15) is 5.75 Å². The summed E-state index contributed by atoms with van der Waals surface area (Å²) in [6.07, 6.45) is 0. The Kier molecular flexibility index (Phi) is 4.17. The number of hydrogen-bond acceptors (Lipinski definition) is 5. The Hall–Kier alpha value is -3.68. The van der Waals surface area contributed by atoms with Gasteiger partial charge in [0.2, 0.25) is 0 Å². The number of hydrogen-bond donors (Lipinski definition) is 1. The molecule has 0 atom stereocenters. The van der Waals surface area contributed by atoms with Crippen molar-refractivity contribution in [1.29, 1.82) is 0 Å². The highest BCUT2D eigenvalue weighted by atomic mass is 16.6. The molecule has 3 rings (SSSR count). The van der Waals surface area contributed by atoms with Crippen molar-refractivity contribution in [3.05, 3.63) is 70.4 Å². The lowest BCUT2D eigenvalue weighted by atomic mass is 10.1. The molecule has 0 radical (unpaired) electrons. The van der Waals surface area contributed by atoms with Gasteiger partial charge in [-0.1, -0.05) is 0 Å². The van der Waals surface area contributed by atoms with Gasteiger partial charge in [-0.15, -0.1) is 0 Å². The number of nitrogens with two attached hydrogens (primary N) is 1. The van der Waals surface area contributed by atoms with E-state index in [9.17, 15) is 14.9 Å². The topological polar surface area (TPSA) is 113 Å². The molecule has 0 fully saturated rings. The van der Waals surface area contributed by atoms with E-state index >= 15 is 0 Å². The van der Waals surface area contributed by atoms with Crippen LogP contribution in [0.2, 0.25) is 0 Å². The number of carbonyl (C=O) groups is 1. The van der Waals surface area contributed by atoms with Gasteiger partial charge in [-0.3, -0.25) is 14.9 Å². The monoisotopic (exact) mass is 338 g/mol. The fourth-order valence-electron chi connectivity index (χ4n) is 2.38. The first-order valence-corrected chi connectivity index (χ1v) is 7.28. The van der Waals surface area contributed by atoms with Crippen LogP contribution < -0.4 is 10.5 Å². The summed E-state index contributed by atoms with van der Waals surface area (Å²) in [6, 6.07) is 14.7. The summed E-state index contributed by atoms with van der Waals surface area (Å²) in [4.78, 5) is 21.8. The third-order valence-electron chi connectivity index (χ3n) is 3.65. The highest BCUT2D eigenvalue weighted by molar-refractivity contribution is 5.92. The molecule has 1 aromatic heterocycles. The first-order chi connectivity index (χ1) is 12.0. The van der Waals surface area contributed by atoms with Crippen molar-refractivity contribution in [1.82, 2.24) is 9.78 Å². The summed E-state index contributed by atoms with van der Waals surface area (Å²) in [5.74, 6) is 0.0377. The summed E-state index contributed by atoms with van der Waals surface area (Å²) in [6.45, 7) is 0. The molecular weight excluding hydrogens is 324 g/mol. The Balaban J connectivity index is 2.11. The molecule has 0 aliphatic rings. The van der Waals surface area contributed by atoms with E-state index in [1.165, 1.54) is 16.8 Å². The van der Waals surface area contributed by atoms with E-state index in [2.05, 4.69) is 5.10 Å². The molecule has 0 unspecified atom stereocenters. The van der Waals surface area contributed by atoms with E-state index in [4.69, 9.17) is 10.5 Å². The van der Waals surface area contributed by atoms with Crippen LogP contribution >= 0.6 is 0 Å². The molecule has 0 aliphatic carbocycles. The van der Waals surface area contributed by atoms with Crippen LogP contribution in [0.4, 0.5) is 5.69 Å². The minimum atomic E-state index is -0.657. The highest BCUT2D eigenvalue weighted by Gasteiger charge is 2.16. The Morgan fingerprint density at radius 1 is 1.16 bits per heavy atom. The predicted octanol–water partition coefficient (Wildman–Crippen LogP) is 2.56. The number of amides is 1. The van der Waals surface area contributed by atoms with Gasteiger partial charge >= 0.3 is 0 Å². The van der Waals surface area contributed by atoms with Crippen LogP contribution in [-0.2, 0) is 0 Å². The van der Waals surface area contributed by atoms with Crippen LogP contribution in [0.25, 0.3) is 16.9 Å². The largest absolute Gasteiger partial charge is 0.497 e. The number of nitrogens with zero attached hydrogens (tertiary/aromatic N) is 3. The second-order valence-electron chi connectivity index (χ2n) is 5.19.